The topological polar surface area (TPSA) is 35.5 Å². The van der Waals surface area contributed by atoms with E-state index in [2.05, 4.69) is 4.52 Å². The van der Waals surface area contributed by atoms with Crippen molar-refractivity contribution in [2.45, 2.75) is 6.61 Å². The van der Waals surface area contributed by atoms with E-state index in [0.717, 1.165) is 5.56 Å². The highest BCUT2D eigenvalue weighted by atomic mass is 31.0. The standard InChI is InChI=1S/C8H9O3P/c9-8(11-12)10-6-7-4-2-1-3-5-7/h1-5H,6,12H2. The van der Waals surface area contributed by atoms with E-state index < -0.39 is 6.16 Å². The van der Waals surface area contributed by atoms with Crippen LogP contribution in [0.2, 0.25) is 0 Å². The van der Waals surface area contributed by atoms with Crippen LogP contribution in [0.1, 0.15) is 5.56 Å². The SMILES string of the molecule is O=C(OP)OCc1ccccc1. The number of ether oxygens (including phenoxy) is 1. The fourth-order valence-corrected chi connectivity index (χ4v) is 0.819. The summed E-state index contributed by atoms with van der Waals surface area (Å²) in [6, 6.07) is 9.40. The van der Waals surface area contributed by atoms with Gasteiger partial charge in [-0.2, -0.15) is 0 Å². The van der Waals surface area contributed by atoms with Crippen LogP contribution in [0.5, 0.6) is 0 Å². The molecule has 64 valence electrons. The van der Waals surface area contributed by atoms with Gasteiger partial charge in [0.2, 0.25) is 0 Å². The zero-order chi connectivity index (χ0) is 8.81. The van der Waals surface area contributed by atoms with Gasteiger partial charge in [-0.05, 0) is 5.56 Å². The number of hydrogen-bond acceptors (Lipinski definition) is 3. The summed E-state index contributed by atoms with van der Waals surface area (Å²) in [7, 11) is 1.83. The second-order valence-electron chi connectivity index (χ2n) is 2.14. The van der Waals surface area contributed by atoms with Crippen LogP contribution in [0, 0.1) is 0 Å². The van der Waals surface area contributed by atoms with Crippen molar-refractivity contribution in [2.75, 3.05) is 0 Å². The third-order valence-electron chi connectivity index (χ3n) is 1.30. The Hall–Kier alpha value is -1.08. The van der Waals surface area contributed by atoms with Gasteiger partial charge in [0.05, 0.1) is 9.47 Å². The van der Waals surface area contributed by atoms with Gasteiger partial charge in [-0.15, -0.1) is 0 Å². The summed E-state index contributed by atoms with van der Waals surface area (Å²) < 4.78 is 8.92. The fourth-order valence-electron chi connectivity index (χ4n) is 0.751. The average Bonchev–Trinajstić information content (AvgIpc) is 2.16. The second kappa shape index (κ2) is 4.73. The Balaban J connectivity index is 2.38. The summed E-state index contributed by atoms with van der Waals surface area (Å²) in [4.78, 5) is 10.5. The summed E-state index contributed by atoms with van der Waals surface area (Å²) in [5.74, 6) is 0. The monoisotopic (exact) mass is 184 g/mol. The Labute approximate surface area is 73.0 Å². The van der Waals surface area contributed by atoms with Gasteiger partial charge < -0.3 is 9.26 Å². The molecule has 0 amide bonds. The zero-order valence-corrected chi connectivity index (χ0v) is 7.55. The molecule has 0 heterocycles. The van der Waals surface area contributed by atoms with Gasteiger partial charge in [0, 0.05) is 0 Å². The van der Waals surface area contributed by atoms with Gasteiger partial charge in [-0.3, -0.25) is 0 Å². The molecule has 1 rings (SSSR count). The molecule has 1 atom stereocenters. The number of benzene rings is 1. The lowest BCUT2D eigenvalue weighted by atomic mass is 10.2. The molecule has 1 aromatic rings. The van der Waals surface area contributed by atoms with E-state index in [4.69, 9.17) is 4.74 Å². The first-order valence-corrected chi connectivity index (χ1v) is 3.87. The first kappa shape index (κ1) is 9.01. The van der Waals surface area contributed by atoms with Crippen LogP contribution < -0.4 is 0 Å². The van der Waals surface area contributed by atoms with Crippen molar-refractivity contribution < 1.29 is 14.1 Å². The minimum Gasteiger partial charge on any atom is -0.429 e. The molecule has 0 bridgehead atoms. The van der Waals surface area contributed by atoms with Crippen LogP contribution in [0.3, 0.4) is 0 Å². The molecule has 0 aliphatic rings. The van der Waals surface area contributed by atoms with Crippen LogP contribution in [0.4, 0.5) is 4.79 Å². The lowest BCUT2D eigenvalue weighted by Gasteiger charge is -2.01. The van der Waals surface area contributed by atoms with Crippen LogP contribution in [0.25, 0.3) is 0 Å². The third kappa shape index (κ3) is 2.89. The Morgan fingerprint density at radius 3 is 2.58 bits per heavy atom. The van der Waals surface area contributed by atoms with Crippen molar-refractivity contribution in [3.8, 4) is 0 Å². The van der Waals surface area contributed by atoms with Crippen molar-refractivity contribution in [1.29, 1.82) is 0 Å². The molecule has 0 aliphatic carbocycles. The van der Waals surface area contributed by atoms with Crippen molar-refractivity contribution in [1.82, 2.24) is 0 Å². The van der Waals surface area contributed by atoms with E-state index in [9.17, 15) is 4.79 Å². The predicted molar refractivity (Wildman–Crippen MR) is 47.4 cm³/mol. The minimum atomic E-state index is -0.691. The van der Waals surface area contributed by atoms with Crippen molar-refractivity contribution in [3.63, 3.8) is 0 Å². The van der Waals surface area contributed by atoms with Crippen molar-refractivity contribution in [2.24, 2.45) is 0 Å². The zero-order valence-electron chi connectivity index (χ0n) is 6.40. The van der Waals surface area contributed by atoms with Crippen molar-refractivity contribution in [3.05, 3.63) is 35.9 Å². The minimum absolute atomic E-state index is 0.244. The highest BCUT2D eigenvalue weighted by molar-refractivity contribution is 7.10. The Morgan fingerprint density at radius 2 is 2.00 bits per heavy atom. The van der Waals surface area contributed by atoms with Gasteiger partial charge in [0.15, 0.2) is 0 Å². The number of hydrogen-bond donors (Lipinski definition) is 0. The van der Waals surface area contributed by atoms with E-state index in [1.54, 1.807) is 0 Å². The molecule has 0 N–H and O–H groups in total. The second-order valence-corrected chi connectivity index (χ2v) is 2.38. The Bertz CT molecular complexity index is 248. The number of carbonyl (C=O) groups excluding carboxylic acids is 1. The van der Waals surface area contributed by atoms with Gasteiger partial charge in [0.25, 0.3) is 0 Å². The Kier molecular flexibility index (Phi) is 3.55. The third-order valence-corrected chi connectivity index (χ3v) is 1.49. The molecule has 0 fully saturated rings. The van der Waals surface area contributed by atoms with Gasteiger partial charge in [-0.25, -0.2) is 4.79 Å². The summed E-state index contributed by atoms with van der Waals surface area (Å²) in [5, 5.41) is 0. The molecule has 0 aromatic heterocycles. The van der Waals surface area contributed by atoms with E-state index in [-0.39, 0.29) is 6.61 Å². The van der Waals surface area contributed by atoms with Crippen LogP contribution >= 0.6 is 9.47 Å². The van der Waals surface area contributed by atoms with Crippen LogP contribution in [-0.4, -0.2) is 6.16 Å². The van der Waals surface area contributed by atoms with Gasteiger partial charge in [0.1, 0.15) is 6.61 Å². The number of carbonyl (C=O) groups is 1. The van der Waals surface area contributed by atoms with E-state index in [0.29, 0.717) is 0 Å². The first-order chi connectivity index (χ1) is 5.83. The molecule has 0 aliphatic heterocycles. The van der Waals surface area contributed by atoms with Crippen LogP contribution in [0.15, 0.2) is 30.3 Å². The summed E-state index contributed by atoms with van der Waals surface area (Å²) in [6.07, 6.45) is -0.691. The maximum atomic E-state index is 10.5. The summed E-state index contributed by atoms with van der Waals surface area (Å²) in [5.41, 5.74) is 0.938. The quantitative estimate of drug-likeness (QED) is 0.521. The fraction of sp³-hybridized carbons (Fsp3) is 0.125. The molecular formula is C8H9O3P. The molecule has 0 radical (unpaired) electrons. The molecule has 3 nitrogen and oxygen atoms in total. The van der Waals surface area contributed by atoms with Gasteiger partial charge in [-0.1, -0.05) is 30.3 Å². The summed E-state index contributed by atoms with van der Waals surface area (Å²) in [6.45, 7) is 0.244. The predicted octanol–water partition coefficient (Wildman–Crippen LogP) is 2.13. The molecule has 1 aromatic carbocycles. The molecule has 0 saturated carbocycles. The molecule has 1 unspecified atom stereocenters. The van der Waals surface area contributed by atoms with E-state index in [1.165, 1.54) is 0 Å². The van der Waals surface area contributed by atoms with E-state index >= 15 is 0 Å². The molecule has 4 heteroatoms. The lowest BCUT2D eigenvalue weighted by molar-refractivity contribution is 0.0993. The average molecular weight is 184 g/mol. The highest BCUT2D eigenvalue weighted by Gasteiger charge is 1.99. The smallest absolute Gasteiger partial charge is 0.429 e. The van der Waals surface area contributed by atoms with E-state index in [1.807, 2.05) is 39.8 Å². The first-order valence-electron chi connectivity index (χ1n) is 3.40. The largest absolute Gasteiger partial charge is 0.510 e. The molecule has 0 saturated heterocycles. The molecule has 0 spiro atoms. The van der Waals surface area contributed by atoms with Gasteiger partial charge >= 0.3 is 6.16 Å². The van der Waals surface area contributed by atoms with Crippen molar-refractivity contribution >= 4 is 15.6 Å². The maximum absolute atomic E-state index is 10.5. The highest BCUT2D eigenvalue weighted by Crippen LogP contribution is 2.02. The normalized spacial score (nSPS) is 9.08. The maximum Gasteiger partial charge on any atom is 0.510 e. The number of rotatable bonds is 2. The lowest BCUT2D eigenvalue weighted by Crippen LogP contribution is -2.00. The summed E-state index contributed by atoms with van der Waals surface area (Å²) >= 11 is 0. The Morgan fingerprint density at radius 1 is 1.33 bits per heavy atom. The molecular weight excluding hydrogens is 175 g/mol. The van der Waals surface area contributed by atoms with Crippen LogP contribution in [-0.2, 0) is 15.9 Å². The molecule has 12 heavy (non-hydrogen) atoms.